The number of hydrogen-bond acceptors (Lipinski definition) is 6. The van der Waals surface area contributed by atoms with Crippen LogP contribution < -0.4 is 21.5 Å². The third kappa shape index (κ3) is 2.78. The van der Waals surface area contributed by atoms with Crippen molar-refractivity contribution in [1.29, 1.82) is 0 Å². The van der Waals surface area contributed by atoms with Gasteiger partial charge in [0.2, 0.25) is 5.95 Å². The number of hydrogen-bond donors (Lipinski definition) is 1. The summed E-state index contributed by atoms with van der Waals surface area (Å²) in [6.07, 6.45) is 0. The monoisotopic (exact) mass is 386 g/mol. The molecule has 2 aliphatic heterocycles. The van der Waals surface area contributed by atoms with Gasteiger partial charge >= 0.3 is 5.69 Å². The van der Waals surface area contributed by atoms with Crippen molar-refractivity contribution in [1.82, 2.24) is 24.0 Å². The maximum Gasteiger partial charge on any atom is 0.332 e. The lowest BCUT2D eigenvalue weighted by Crippen LogP contribution is -2.45. The number of thioether (sulfide) groups is 1. The highest BCUT2D eigenvalue weighted by molar-refractivity contribution is 8.00. The van der Waals surface area contributed by atoms with E-state index in [4.69, 9.17) is 4.98 Å². The number of piperazine rings is 1. The Morgan fingerprint density at radius 3 is 2.48 bits per heavy atom. The lowest BCUT2D eigenvalue weighted by molar-refractivity contribution is 0.544. The van der Waals surface area contributed by atoms with E-state index in [-0.39, 0.29) is 29.7 Å². The predicted octanol–water partition coefficient (Wildman–Crippen LogP) is 0.0359. The summed E-state index contributed by atoms with van der Waals surface area (Å²) in [5.74, 6) is 2.80. The normalized spacial score (nSPS) is 18.2. The van der Waals surface area contributed by atoms with Crippen molar-refractivity contribution in [2.75, 3.05) is 42.6 Å². The summed E-state index contributed by atoms with van der Waals surface area (Å²) in [5, 5.41) is 3.34. The molecule has 2 aliphatic rings. The van der Waals surface area contributed by atoms with Gasteiger partial charge in [-0.15, -0.1) is 12.4 Å². The Morgan fingerprint density at radius 2 is 1.92 bits per heavy atom. The fraction of sp³-hybridized carbons (Fsp3) is 0.667. The summed E-state index contributed by atoms with van der Waals surface area (Å²) in [6.45, 7) is 5.72. The lowest BCUT2D eigenvalue weighted by atomic mass is 10.3. The molecule has 1 N–H and O–H groups in total. The molecule has 2 fully saturated rings. The molecule has 0 saturated carbocycles. The van der Waals surface area contributed by atoms with Gasteiger partial charge in [0.05, 0.1) is 6.04 Å². The third-order valence-corrected chi connectivity index (χ3v) is 6.10. The molecule has 0 aliphatic carbocycles. The molecular formula is C15H23ClN6O2S. The number of rotatable bonds is 3. The fourth-order valence-electron chi connectivity index (χ4n) is 3.41. The maximum atomic E-state index is 12.9. The van der Waals surface area contributed by atoms with Gasteiger partial charge in [-0.1, -0.05) is 0 Å². The molecule has 0 aromatic carbocycles. The molecule has 2 aromatic heterocycles. The number of fused-ring (bicyclic) bond motifs is 1. The molecule has 4 rings (SSSR count). The van der Waals surface area contributed by atoms with Crippen LogP contribution in [-0.4, -0.2) is 56.4 Å². The van der Waals surface area contributed by atoms with Crippen LogP contribution in [0.5, 0.6) is 0 Å². The minimum atomic E-state index is -0.297. The minimum absolute atomic E-state index is 0. The smallest absolute Gasteiger partial charge is 0.332 e. The van der Waals surface area contributed by atoms with Crippen LogP contribution in [0, 0.1) is 0 Å². The van der Waals surface area contributed by atoms with Crippen LogP contribution in [0.1, 0.15) is 13.0 Å². The van der Waals surface area contributed by atoms with Crippen molar-refractivity contribution in [2.45, 2.75) is 19.5 Å². The number of imidazole rings is 1. The Hall–Kier alpha value is -1.45. The van der Waals surface area contributed by atoms with E-state index in [0.29, 0.717) is 17.7 Å². The molecule has 0 unspecified atom stereocenters. The van der Waals surface area contributed by atoms with E-state index in [9.17, 15) is 9.59 Å². The summed E-state index contributed by atoms with van der Waals surface area (Å²) in [7, 11) is 1.70. The Morgan fingerprint density at radius 1 is 1.24 bits per heavy atom. The van der Waals surface area contributed by atoms with Crippen LogP contribution in [0.3, 0.4) is 0 Å². The second kappa shape index (κ2) is 7.05. The van der Waals surface area contributed by atoms with Gasteiger partial charge in [-0.2, -0.15) is 16.7 Å². The highest BCUT2D eigenvalue weighted by Crippen LogP contribution is 2.35. The first-order chi connectivity index (χ1) is 11.6. The van der Waals surface area contributed by atoms with Crippen LogP contribution in [0.15, 0.2) is 9.59 Å². The maximum absolute atomic E-state index is 12.9. The van der Waals surface area contributed by atoms with E-state index in [2.05, 4.69) is 14.8 Å². The van der Waals surface area contributed by atoms with Crippen LogP contribution in [0.25, 0.3) is 11.2 Å². The molecule has 4 heterocycles. The Bertz CT molecular complexity index is 894. The Labute approximate surface area is 155 Å². The molecule has 0 atom stereocenters. The molecule has 2 saturated heterocycles. The summed E-state index contributed by atoms with van der Waals surface area (Å²) < 4.78 is 4.90. The first-order valence-electron chi connectivity index (χ1n) is 8.38. The molecule has 0 radical (unpaired) electrons. The largest absolute Gasteiger partial charge is 0.340 e. The summed E-state index contributed by atoms with van der Waals surface area (Å²) in [6, 6.07) is 0.278. The molecule has 10 heteroatoms. The van der Waals surface area contributed by atoms with Gasteiger partial charge in [0.1, 0.15) is 0 Å². The van der Waals surface area contributed by atoms with Crippen molar-refractivity contribution in [3.8, 4) is 0 Å². The van der Waals surface area contributed by atoms with Crippen LogP contribution in [-0.2, 0) is 13.6 Å². The van der Waals surface area contributed by atoms with Crippen molar-refractivity contribution in [3.05, 3.63) is 20.8 Å². The Kier molecular flexibility index (Phi) is 5.17. The van der Waals surface area contributed by atoms with E-state index in [0.717, 1.165) is 43.6 Å². The zero-order valence-corrected chi connectivity index (χ0v) is 16.0. The van der Waals surface area contributed by atoms with Crippen LogP contribution in [0.2, 0.25) is 0 Å². The molecule has 8 nitrogen and oxygen atoms in total. The average Bonchev–Trinajstić information content (AvgIpc) is 2.93. The summed E-state index contributed by atoms with van der Waals surface area (Å²) in [5.41, 5.74) is 0.550. The molecule has 2 aromatic rings. The highest BCUT2D eigenvalue weighted by atomic mass is 35.5. The molecule has 0 spiro atoms. The number of nitrogens with zero attached hydrogens (tertiary/aromatic N) is 5. The zero-order chi connectivity index (χ0) is 16.8. The zero-order valence-electron chi connectivity index (χ0n) is 14.4. The van der Waals surface area contributed by atoms with Crippen LogP contribution >= 0.6 is 24.2 Å². The van der Waals surface area contributed by atoms with Gasteiger partial charge < -0.3 is 10.2 Å². The van der Waals surface area contributed by atoms with Gasteiger partial charge in [0, 0.05) is 51.3 Å². The van der Waals surface area contributed by atoms with Crippen molar-refractivity contribution in [2.24, 2.45) is 7.05 Å². The topological polar surface area (TPSA) is 77.1 Å². The molecular weight excluding hydrogens is 364 g/mol. The standard InChI is InChI=1S/C15H22N6O2S.ClH/c1-3-20-13(22)11-12(18(2)15(20)23)17-14(19-6-4-16-5-7-19)21(11)10-8-24-9-10;/h10,16H,3-9H2,1-2H3;1H. The van der Waals surface area contributed by atoms with E-state index in [1.165, 1.54) is 9.13 Å². The van der Waals surface area contributed by atoms with Gasteiger partial charge in [-0.05, 0) is 6.92 Å². The second-order valence-electron chi connectivity index (χ2n) is 6.27. The van der Waals surface area contributed by atoms with Crippen molar-refractivity contribution >= 4 is 41.3 Å². The van der Waals surface area contributed by atoms with Gasteiger partial charge in [0.15, 0.2) is 11.2 Å². The first-order valence-corrected chi connectivity index (χ1v) is 9.54. The molecule has 0 amide bonds. The number of anilines is 1. The number of aromatic nitrogens is 4. The Balaban J connectivity index is 0.00000182. The molecule has 25 heavy (non-hydrogen) atoms. The predicted molar refractivity (Wildman–Crippen MR) is 104 cm³/mol. The van der Waals surface area contributed by atoms with Crippen molar-refractivity contribution < 1.29 is 0 Å². The minimum Gasteiger partial charge on any atom is -0.340 e. The molecule has 0 bridgehead atoms. The second-order valence-corrected chi connectivity index (χ2v) is 7.35. The summed E-state index contributed by atoms with van der Waals surface area (Å²) in [4.78, 5) is 32.3. The van der Waals surface area contributed by atoms with Crippen molar-refractivity contribution in [3.63, 3.8) is 0 Å². The van der Waals surface area contributed by atoms with Gasteiger partial charge in [-0.25, -0.2) is 4.79 Å². The number of aryl methyl sites for hydroxylation is 1. The van der Waals surface area contributed by atoms with Gasteiger partial charge in [0.25, 0.3) is 5.56 Å². The van der Waals surface area contributed by atoms with E-state index >= 15 is 0 Å². The first kappa shape index (κ1) is 18.3. The third-order valence-electron chi connectivity index (χ3n) is 4.86. The van der Waals surface area contributed by atoms with E-state index < -0.39 is 0 Å². The van der Waals surface area contributed by atoms with E-state index in [1.807, 2.05) is 18.7 Å². The van der Waals surface area contributed by atoms with Gasteiger partial charge in [-0.3, -0.25) is 18.5 Å². The molecule has 138 valence electrons. The SMILES string of the molecule is CCn1c(=O)c2c(nc(N3CCNCC3)n2C2CSC2)n(C)c1=O.Cl. The number of nitrogens with one attached hydrogen (secondary N) is 1. The average molecular weight is 387 g/mol. The highest BCUT2D eigenvalue weighted by Gasteiger charge is 2.31. The summed E-state index contributed by atoms with van der Waals surface area (Å²) >= 11 is 1.87. The number of halogens is 1. The van der Waals surface area contributed by atoms with Crippen LogP contribution in [0.4, 0.5) is 5.95 Å². The lowest BCUT2D eigenvalue weighted by Gasteiger charge is -2.33. The van der Waals surface area contributed by atoms with E-state index in [1.54, 1.807) is 7.05 Å². The quantitative estimate of drug-likeness (QED) is 0.802. The fourth-order valence-corrected chi connectivity index (χ4v) is 4.16.